The van der Waals surface area contributed by atoms with E-state index in [1.54, 1.807) is 7.11 Å². The molecular weight excluding hydrogens is 284 g/mol. The molecule has 0 aromatic rings. The summed E-state index contributed by atoms with van der Waals surface area (Å²) >= 11 is 0. The lowest BCUT2D eigenvalue weighted by atomic mass is 9.95. The van der Waals surface area contributed by atoms with Crippen LogP contribution in [-0.4, -0.2) is 20.0 Å². The van der Waals surface area contributed by atoms with Crippen LogP contribution in [0.1, 0.15) is 90.9 Å². The van der Waals surface area contributed by atoms with Gasteiger partial charge >= 0.3 is 0 Å². The Balaban J connectivity index is 3.40. The largest absolute Gasteiger partial charge is 0.384 e. The minimum atomic E-state index is 0.00246. The average molecular weight is 325 g/mol. The molecule has 0 amide bonds. The van der Waals surface area contributed by atoms with E-state index in [1.807, 2.05) is 0 Å². The van der Waals surface area contributed by atoms with Crippen molar-refractivity contribution in [2.45, 2.75) is 90.9 Å². The van der Waals surface area contributed by atoms with E-state index in [0.717, 1.165) is 12.7 Å². The van der Waals surface area contributed by atoms with Crippen molar-refractivity contribution >= 4 is 6.29 Å². The summed E-state index contributed by atoms with van der Waals surface area (Å²) in [5.41, 5.74) is 0. The van der Waals surface area contributed by atoms with Gasteiger partial charge in [-0.2, -0.15) is 0 Å². The van der Waals surface area contributed by atoms with Crippen LogP contribution in [0.4, 0.5) is 0 Å². The number of carbonyl (C=O) groups is 1. The molecule has 1 unspecified atom stereocenters. The van der Waals surface area contributed by atoms with Crippen LogP contribution in [0.25, 0.3) is 0 Å². The third-order valence-corrected chi connectivity index (χ3v) is 4.58. The Hall–Kier alpha value is -0.630. The second-order valence-corrected chi connectivity index (χ2v) is 6.90. The Kier molecular flexibility index (Phi) is 17.2. The van der Waals surface area contributed by atoms with Crippen molar-refractivity contribution in [3.63, 3.8) is 0 Å². The predicted molar refractivity (Wildman–Crippen MR) is 101 cm³/mol. The first kappa shape index (κ1) is 22.4. The molecule has 0 aliphatic heterocycles. The number of carbonyl (C=O) groups excluding carboxylic acids is 1. The van der Waals surface area contributed by atoms with Crippen molar-refractivity contribution < 1.29 is 9.53 Å². The van der Waals surface area contributed by atoms with Gasteiger partial charge in [0.25, 0.3) is 0 Å². The van der Waals surface area contributed by atoms with E-state index in [9.17, 15) is 4.79 Å². The Morgan fingerprint density at radius 2 is 1.39 bits per heavy atom. The van der Waals surface area contributed by atoms with Gasteiger partial charge in [-0.3, -0.25) is 0 Å². The maximum absolute atomic E-state index is 11.1. The molecule has 2 heteroatoms. The number of unbranched alkanes of at least 4 members (excludes halogenated alkanes) is 11. The quantitative estimate of drug-likeness (QED) is 0.177. The van der Waals surface area contributed by atoms with E-state index in [1.165, 1.54) is 70.6 Å². The monoisotopic (exact) mass is 324 g/mol. The first-order valence-electron chi connectivity index (χ1n) is 9.87. The fraction of sp³-hybridized carbons (Fsp3) is 0.857. The van der Waals surface area contributed by atoms with Crippen LogP contribution >= 0.6 is 0 Å². The smallest absolute Gasteiger partial charge is 0.127 e. The van der Waals surface area contributed by atoms with Crippen LogP contribution in [0.15, 0.2) is 12.2 Å². The van der Waals surface area contributed by atoms with Crippen LogP contribution in [-0.2, 0) is 9.53 Å². The third-order valence-electron chi connectivity index (χ3n) is 4.58. The molecule has 0 N–H and O–H groups in total. The summed E-state index contributed by atoms with van der Waals surface area (Å²) < 4.78 is 5.11. The highest BCUT2D eigenvalue weighted by Gasteiger charge is 2.12. The molecule has 0 bridgehead atoms. The zero-order chi connectivity index (χ0) is 17.2. The van der Waals surface area contributed by atoms with Crippen molar-refractivity contribution in [2.75, 3.05) is 13.7 Å². The van der Waals surface area contributed by atoms with Gasteiger partial charge in [0, 0.05) is 19.6 Å². The number of hydrogen-bond donors (Lipinski definition) is 0. The van der Waals surface area contributed by atoms with Crippen molar-refractivity contribution in [3.8, 4) is 0 Å². The van der Waals surface area contributed by atoms with Gasteiger partial charge in [-0.25, -0.2) is 0 Å². The van der Waals surface area contributed by atoms with E-state index >= 15 is 0 Å². The Labute approximate surface area is 145 Å². The fourth-order valence-electron chi connectivity index (χ4n) is 2.92. The summed E-state index contributed by atoms with van der Waals surface area (Å²) in [6.45, 7) is 4.98. The number of ether oxygens (including phenoxy) is 1. The number of rotatable bonds is 17. The molecule has 0 fully saturated rings. The Bertz CT molecular complexity index is 273. The molecule has 0 aliphatic carbocycles. The lowest BCUT2D eigenvalue weighted by molar-refractivity contribution is -0.111. The maximum Gasteiger partial charge on any atom is 0.127 e. The zero-order valence-corrected chi connectivity index (χ0v) is 15.9. The van der Waals surface area contributed by atoms with Crippen LogP contribution < -0.4 is 0 Å². The van der Waals surface area contributed by atoms with Crippen LogP contribution in [0.3, 0.4) is 0 Å². The molecular formula is C21H40O2. The minimum absolute atomic E-state index is 0.00246. The Morgan fingerprint density at radius 1 is 0.870 bits per heavy atom. The molecule has 2 atom stereocenters. The van der Waals surface area contributed by atoms with Crippen LogP contribution in [0, 0.1) is 11.8 Å². The molecule has 0 rings (SSSR count). The highest BCUT2D eigenvalue weighted by molar-refractivity contribution is 5.57. The van der Waals surface area contributed by atoms with E-state index in [0.29, 0.717) is 6.61 Å². The molecule has 0 aliphatic rings. The van der Waals surface area contributed by atoms with Gasteiger partial charge in [-0.15, -0.1) is 0 Å². The van der Waals surface area contributed by atoms with E-state index < -0.39 is 0 Å². The van der Waals surface area contributed by atoms with Crippen molar-refractivity contribution in [1.29, 1.82) is 0 Å². The number of aldehydes is 1. The highest BCUT2D eigenvalue weighted by atomic mass is 16.5. The van der Waals surface area contributed by atoms with Crippen molar-refractivity contribution in [3.05, 3.63) is 12.2 Å². The van der Waals surface area contributed by atoms with Gasteiger partial charge in [-0.1, -0.05) is 90.2 Å². The van der Waals surface area contributed by atoms with Gasteiger partial charge in [0.15, 0.2) is 0 Å². The molecule has 2 nitrogen and oxygen atoms in total. The van der Waals surface area contributed by atoms with Crippen LogP contribution in [0.5, 0.6) is 0 Å². The van der Waals surface area contributed by atoms with E-state index in [2.05, 4.69) is 26.0 Å². The summed E-state index contributed by atoms with van der Waals surface area (Å²) in [6.07, 6.45) is 21.5. The highest BCUT2D eigenvalue weighted by Crippen LogP contribution is 2.14. The average Bonchev–Trinajstić information content (AvgIpc) is 2.55. The molecule has 0 spiro atoms. The molecule has 136 valence electrons. The summed E-state index contributed by atoms with van der Waals surface area (Å²) in [7, 11) is 1.69. The molecule has 0 saturated heterocycles. The van der Waals surface area contributed by atoms with Crippen molar-refractivity contribution in [2.24, 2.45) is 11.8 Å². The third kappa shape index (κ3) is 14.7. The van der Waals surface area contributed by atoms with Gasteiger partial charge in [0.2, 0.25) is 0 Å². The maximum atomic E-state index is 11.1. The normalized spacial score (nSPS) is 14.2. The molecule has 0 saturated carbocycles. The van der Waals surface area contributed by atoms with Crippen molar-refractivity contribution in [1.82, 2.24) is 0 Å². The fourth-order valence-corrected chi connectivity index (χ4v) is 2.92. The summed E-state index contributed by atoms with van der Waals surface area (Å²) in [4.78, 5) is 11.1. The molecule has 0 aromatic carbocycles. The molecule has 0 heterocycles. The molecule has 23 heavy (non-hydrogen) atoms. The van der Waals surface area contributed by atoms with E-state index in [4.69, 9.17) is 4.74 Å². The second-order valence-electron chi connectivity index (χ2n) is 6.90. The van der Waals surface area contributed by atoms with Crippen LogP contribution in [0.2, 0.25) is 0 Å². The first-order valence-corrected chi connectivity index (χ1v) is 9.87. The SMILES string of the molecule is CCCCCCCCCCCCC/C=C/C(C=O)[C@@H](C)COC. The lowest BCUT2D eigenvalue weighted by Gasteiger charge is -2.13. The number of hydrogen-bond acceptors (Lipinski definition) is 2. The van der Waals surface area contributed by atoms with Gasteiger partial charge in [-0.05, 0) is 18.8 Å². The summed E-state index contributed by atoms with van der Waals surface area (Å²) in [5.74, 6) is 0.272. The zero-order valence-electron chi connectivity index (χ0n) is 15.9. The molecule has 0 aromatic heterocycles. The minimum Gasteiger partial charge on any atom is -0.384 e. The summed E-state index contributed by atoms with van der Waals surface area (Å²) in [6, 6.07) is 0. The second kappa shape index (κ2) is 17.7. The standard InChI is InChI=1S/C21H40O2/c1-4-5-6-7-8-9-10-11-12-13-14-15-16-17-21(18-22)20(2)19-23-3/h16-18,20-21H,4-15,19H2,1-3H3/b17-16+/t20-,21?/m0/s1. The predicted octanol–water partition coefficient (Wildman–Crippen LogP) is 6.34. The van der Waals surface area contributed by atoms with Gasteiger partial charge in [0.1, 0.15) is 6.29 Å². The topological polar surface area (TPSA) is 26.3 Å². The number of methoxy groups -OCH3 is 1. The molecule has 0 radical (unpaired) electrons. The number of allylic oxidation sites excluding steroid dienone is 2. The summed E-state index contributed by atoms with van der Waals surface area (Å²) in [5, 5.41) is 0. The Morgan fingerprint density at radius 3 is 1.87 bits per heavy atom. The van der Waals surface area contributed by atoms with E-state index in [-0.39, 0.29) is 11.8 Å². The van der Waals surface area contributed by atoms with Gasteiger partial charge < -0.3 is 9.53 Å². The first-order chi connectivity index (χ1) is 11.3. The lowest BCUT2D eigenvalue weighted by Crippen LogP contribution is -2.15. The van der Waals surface area contributed by atoms with Gasteiger partial charge in [0.05, 0.1) is 0 Å².